The van der Waals surface area contributed by atoms with E-state index in [1.165, 1.54) is 84.6 Å². The van der Waals surface area contributed by atoms with Gasteiger partial charge >= 0.3 is 0 Å². The third-order valence-electron chi connectivity index (χ3n) is 14.2. The van der Waals surface area contributed by atoms with Crippen LogP contribution in [0.5, 0.6) is 0 Å². The van der Waals surface area contributed by atoms with Crippen molar-refractivity contribution in [2.24, 2.45) is 0 Å². The number of furan rings is 1. The molecular weight excluding hydrogens is 753 g/mol. The van der Waals surface area contributed by atoms with Crippen molar-refractivity contribution in [3.8, 4) is 39.3 Å². The van der Waals surface area contributed by atoms with Crippen LogP contribution in [0.4, 0.5) is 0 Å². The molecule has 0 spiro atoms. The van der Waals surface area contributed by atoms with E-state index in [9.17, 15) is 0 Å². The van der Waals surface area contributed by atoms with Gasteiger partial charge in [-0.2, -0.15) is 0 Å². The lowest BCUT2D eigenvalue weighted by atomic mass is 9.63. The molecule has 306 valence electrons. The number of hydrogen-bond acceptors (Lipinski definition) is 2. The standard InChI is InChI=1S/C59H54N2O/c1-35(2)46-31-42(38-22-20-37(21-23-38)40-26-27-50-51(33-40)59(7,8)29-28-58(50,5)6)32-47(36(3)4)55(46)61-53-19-12-11-18-52(53)60-57(61)45-17-13-16-44-49-30-41-25-24-39-14-9-10-15-43(39)48(41)34-54(49)62-56(44)45/h9-27,30-36H,28-29H2,1-8H3. The molecule has 0 radical (unpaired) electrons. The van der Waals surface area contributed by atoms with Crippen molar-refractivity contribution < 1.29 is 4.42 Å². The van der Waals surface area contributed by atoms with Gasteiger partial charge in [-0.05, 0) is 144 Å². The monoisotopic (exact) mass is 806 g/mol. The van der Waals surface area contributed by atoms with Gasteiger partial charge in [0.05, 0.1) is 22.3 Å². The Bertz CT molecular complexity index is 3380. The molecule has 0 bridgehead atoms. The summed E-state index contributed by atoms with van der Waals surface area (Å²) in [6, 6.07) is 54.0. The molecule has 62 heavy (non-hydrogen) atoms. The average Bonchev–Trinajstić information content (AvgIpc) is 3.85. The highest BCUT2D eigenvalue weighted by molar-refractivity contribution is 6.17. The summed E-state index contributed by atoms with van der Waals surface area (Å²) >= 11 is 0. The zero-order valence-corrected chi connectivity index (χ0v) is 37.2. The highest BCUT2D eigenvalue weighted by Crippen LogP contribution is 2.48. The van der Waals surface area contributed by atoms with Crippen LogP contribution in [0, 0.1) is 0 Å². The molecule has 0 unspecified atom stereocenters. The lowest BCUT2D eigenvalue weighted by Crippen LogP contribution is -2.33. The third kappa shape index (κ3) is 6.03. The number of imidazole rings is 1. The summed E-state index contributed by atoms with van der Waals surface area (Å²) in [4.78, 5) is 5.44. The number of para-hydroxylation sites is 3. The van der Waals surface area contributed by atoms with Crippen LogP contribution in [0.3, 0.4) is 0 Å². The highest BCUT2D eigenvalue weighted by atomic mass is 16.3. The fourth-order valence-corrected chi connectivity index (χ4v) is 10.5. The van der Waals surface area contributed by atoms with Crippen molar-refractivity contribution in [3.05, 3.63) is 168 Å². The van der Waals surface area contributed by atoms with E-state index in [1.54, 1.807) is 0 Å². The quantitative estimate of drug-likeness (QED) is 0.157. The summed E-state index contributed by atoms with van der Waals surface area (Å²) in [5.41, 5.74) is 17.0. The molecule has 11 rings (SSSR count). The summed E-state index contributed by atoms with van der Waals surface area (Å²) in [7, 11) is 0. The maximum Gasteiger partial charge on any atom is 0.149 e. The van der Waals surface area contributed by atoms with Gasteiger partial charge in [-0.3, -0.25) is 4.57 Å². The molecule has 10 aromatic rings. The number of hydrogen-bond donors (Lipinski definition) is 0. The second-order valence-corrected chi connectivity index (χ2v) is 19.8. The molecule has 0 fully saturated rings. The van der Waals surface area contributed by atoms with E-state index in [2.05, 4.69) is 206 Å². The van der Waals surface area contributed by atoms with Gasteiger partial charge in [0.2, 0.25) is 0 Å². The molecule has 0 amide bonds. The summed E-state index contributed by atoms with van der Waals surface area (Å²) in [5, 5.41) is 7.09. The summed E-state index contributed by atoms with van der Waals surface area (Å²) in [5.74, 6) is 1.40. The second kappa shape index (κ2) is 14.0. The van der Waals surface area contributed by atoms with Crippen molar-refractivity contribution >= 4 is 54.5 Å². The third-order valence-corrected chi connectivity index (χ3v) is 14.2. The Kier molecular flexibility index (Phi) is 8.71. The zero-order chi connectivity index (χ0) is 42.7. The second-order valence-electron chi connectivity index (χ2n) is 19.8. The lowest BCUT2D eigenvalue weighted by Gasteiger charge is -2.42. The fourth-order valence-electron chi connectivity index (χ4n) is 10.5. The van der Waals surface area contributed by atoms with E-state index in [0.717, 1.165) is 44.4 Å². The van der Waals surface area contributed by atoms with E-state index in [4.69, 9.17) is 9.40 Å². The first-order valence-corrected chi connectivity index (χ1v) is 22.5. The van der Waals surface area contributed by atoms with Gasteiger partial charge in [-0.15, -0.1) is 0 Å². The maximum absolute atomic E-state index is 6.95. The van der Waals surface area contributed by atoms with Crippen molar-refractivity contribution in [1.29, 1.82) is 0 Å². The number of fused-ring (bicyclic) bond motifs is 8. The molecule has 3 nitrogen and oxygen atoms in total. The summed E-state index contributed by atoms with van der Waals surface area (Å²) < 4.78 is 9.38. The molecule has 8 aromatic carbocycles. The SMILES string of the molecule is CC(C)c1cc(-c2ccc(-c3ccc4c(c3)C(C)(C)CCC4(C)C)cc2)cc(C(C)C)c1-n1c(-c2cccc3c2oc2cc4c(ccc5ccccc54)cc23)nc2ccccc21. The Morgan fingerprint density at radius 1 is 0.516 bits per heavy atom. The molecule has 0 saturated carbocycles. The van der Waals surface area contributed by atoms with Gasteiger partial charge in [0.25, 0.3) is 0 Å². The molecule has 1 aliphatic carbocycles. The van der Waals surface area contributed by atoms with E-state index in [0.29, 0.717) is 0 Å². The Balaban J connectivity index is 1.07. The Hall–Kier alpha value is -6.45. The molecule has 0 saturated heterocycles. The number of nitrogens with zero attached hydrogens (tertiary/aromatic N) is 2. The van der Waals surface area contributed by atoms with Gasteiger partial charge in [-0.1, -0.05) is 159 Å². The lowest BCUT2D eigenvalue weighted by molar-refractivity contribution is 0.332. The first kappa shape index (κ1) is 38.5. The number of aromatic nitrogens is 2. The van der Waals surface area contributed by atoms with Crippen LogP contribution in [0.25, 0.3) is 93.8 Å². The van der Waals surface area contributed by atoms with Crippen molar-refractivity contribution in [2.45, 2.75) is 90.9 Å². The number of benzene rings is 8. The highest BCUT2D eigenvalue weighted by Gasteiger charge is 2.37. The van der Waals surface area contributed by atoms with E-state index in [1.807, 2.05) is 0 Å². The molecule has 0 atom stereocenters. The summed E-state index contributed by atoms with van der Waals surface area (Å²) in [6.07, 6.45) is 2.44. The number of rotatable bonds is 6. The van der Waals surface area contributed by atoms with Gasteiger partial charge < -0.3 is 4.42 Å². The van der Waals surface area contributed by atoms with Gasteiger partial charge in [0.15, 0.2) is 0 Å². The topological polar surface area (TPSA) is 31.0 Å². The Morgan fingerprint density at radius 3 is 1.89 bits per heavy atom. The van der Waals surface area contributed by atoms with Crippen LogP contribution in [0.2, 0.25) is 0 Å². The predicted octanol–water partition coefficient (Wildman–Crippen LogP) is 16.8. The molecule has 2 aromatic heterocycles. The maximum atomic E-state index is 6.95. The predicted molar refractivity (Wildman–Crippen MR) is 263 cm³/mol. The van der Waals surface area contributed by atoms with Crippen LogP contribution < -0.4 is 0 Å². The minimum atomic E-state index is 0.174. The van der Waals surface area contributed by atoms with E-state index >= 15 is 0 Å². The van der Waals surface area contributed by atoms with Crippen molar-refractivity contribution in [3.63, 3.8) is 0 Å². The molecule has 1 aliphatic rings. The van der Waals surface area contributed by atoms with Crippen LogP contribution >= 0.6 is 0 Å². The molecule has 0 N–H and O–H groups in total. The normalized spacial score (nSPS) is 14.9. The van der Waals surface area contributed by atoms with Crippen molar-refractivity contribution in [1.82, 2.24) is 9.55 Å². The minimum absolute atomic E-state index is 0.174. The Labute approximate surface area is 365 Å². The average molecular weight is 807 g/mol. The van der Waals surface area contributed by atoms with Gasteiger partial charge in [0, 0.05) is 10.8 Å². The Morgan fingerprint density at radius 2 is 1.15 bits per heavy atom. The molecule has 2 heterocycles. The van der Waals surface area contributed by atoms with E-state index < -0.39 is 0 Å². The van der Waals surface area contributed by atoms with Crippen LogP contribution in [0.15, 0.2) is 150 Å². The van der Waals surface area contributed by atoms with Gasteiger partial charge in [-0.25, -0.2) is 4.98 Å². The van der Waals surface area contributed by atoms with Crippen LogP contribution in [0.1, 0.15) is 102 Å². The van der Waals surface area contributed by atoms with E-state index in [-0.39, 0.29) is 22.7 Å². The zero-order valence-electron chi connectivity index (χ0n) is 37.2. The largest absolute Gasteiger partial charge is 0.455 e. The van der Waals surface area contributed by atoms with Crippen molar-refractivity contribution in [2.75, 3.05) is 0 Å². The molecule has 3 heteroatoms. The first-order valence-electron chi connectivity index (χ1n) is 22.5. The first-order chi connectivity index (χ1) is 29.9. The van der Waals surface area contributed by atoms with Crippen LogP contribution in [-0.2, 0) is 10.8 Å². The smallest absolute Gasteiger partial charge is 0.149 e. The summed E-state index contributed by atoms with van der Waals surface area (Å²) in [6.45, 7) is 18.9. The minimum Gasteiger partial charge on any atom is -0.455 e. The van der Waals surface area contributed by atoms with Gasteiger partial charge in [0.1, 0.15) is 17.0 Å². The fraction of sp³-hybridized carbons (Fsp3) is 0.237. The molecular formula is C59H54N2O. The molecule has 0 aliphatic heterocycles. The van der Waals surface area contributed by atoms with Crippen LogP contribution in [-0.4, -0.2) is 9.55 Å².